The zero-order chi connectivity index (χ0) is 25.8. The van der Waals surface area contributed by atoms with Crippen LogP contribution in [0, 0.1) is 3.57 Å². The lowest BCUT2D eigenvalue weighted by Gasteiger charge is -2.15. The molecule has 0 aromatic heterocycles. The molecule has 0 atom stereocenters. The number of amides is 2. The molecule has 0 spiro atoms. The van der Waals surface area contributed by atoms with Crippen LogP contribution in [0.1, 0.15) is 25.0 Å². The predicted octanol–water partition coefficient (Wildman–Crippen LogP) is 6.02. The minimum absolute atomic E-state index is 0.222. The Balaban J connectivity index is 1.53. The summed E-state index contributed by atoms with van der Waals surface area (Å²) in [7, 11) is 1.55. The first-order valence-electron chi connectivity index (χ1n) is 11.2. The maximum absolute atomic E-state index is 12.8. The first kappa shape index (κ1) is 26.0. The number of carbonyl (C=O) groups excluding carboxylic acids is 3. The minimum atomic E-state index is -0.627. The molecule has 1 fully saturated rings. The van der Waals surface area contributed by atoms with Gasteiger partial charge in [-0.15, -0.1) is 0 Å². The molecule has 2 amide bonds. The summed E-state index contributed by atoms with van der Waals surface area (Å²) >= 11 is 2.94. The SMILES string of the molecule is COc1cc(/C=C2/SC(=O)N(CC(=O)OC(C)C)C2=O)cc(I)c1OCc1cccc2ccccc12. The number of nitrogens with zero attached hydrogens (tertiary/aromatic N) is 1. The maximum Gasteiger partial charge on any atom is 0.326 e. The van der Waals surface area contributed by atoms with E-state index >= 15 is 0 Å². The molecule has 1 saturated heterocycles. The number of benzene rings is 3. The van der Waals surface area contributed by atoms with Crippen molar-refractivity contribution in [3.63, 3.8) is 0 Å². The van der Waals surface area contributed by atoms with Crippen LogP contribution >= 0.6 is 34.4 Å². The first-order valence-corrected chi connectivity index (χ1v) is 13.1. The number of rotatable bonds is 8. The number of ether oxygens (including phenoxy) is 3. The third-order valence-electron chi connectivity index (χ3n) is 5.33. The highest BCUT2D eigenvalue weighted by molar-refractivity contribution is 14.1. The molecule has 9 heteroatoms. The van der Waals surface area contributed by atoms with Gasteiger partial charge in [-0.1, -0.05) is 42.5 Å². The van der Waals surface area contributed by atoms with Crippen LogP contribution in [-0.2, 0) is 20.9 Å². The van der Waals surface area contributed by atoms with Crippen LogP contribution in [0.15, 0.2) is 59.5 Å². The lowest BCUT2D eigenvalue weighted by atomic mass is 10.1. The highest BCUT2D eigenvalue weighted by atomic mass is 127. The molecule has 0 N–H and O–H groups in total. The van der Waals surface area contributed by atoms with Crippen molar-refractivity contribution in [3.8, 4) is 11.5 Å². The van der Waals surface area contributed by atoms with Crippen molar-refractivity contribution in [3.05, 3.63) is 74.2 Å². The molecule has 1 aliphatic rings. The van der Waals surface area contributed by atoms with E-state index in [0.717, 1.165) is 36.6 Å². The first-order chi connectivity index (χ1) is 17.3. The fourth-order valence-corrected chi connectivity index (χ4v) is 5.37. The van der Waals surface area contributed by atoms with Gasteiger partial charge in [-0.3, -0.25) is 19.3 Å². The van der Waals surface area contributed by atoms with Crippen molar-refractivity contribution in [2.75, 3.05) is 13.7 Å². The summed E-state index contributed by atoms with van der Waals surface area (Å²) in [6.45, 7) is 3.35. The number of carbonyl (C=O) groups is 3. The molecule has 1 aliphatic heterocycles. The summed E-state index contributed by atoms with van der Waals surface area (Å²) in [6, 6.07) is 17.8. The van der Waals surface area contributed by atoms with Crippen LogP contribution in [0.3, 0.4) is 0 Å². The molecular weight excluding hydrogens is 593 g/mol. The Morgan fingerprint density at radius 2 is 1.86 bits per heavy atom. The molecule has 3 aromatic rings. The zero-order valence-electron chi connectivity index (χ0n) is 19.9. The normalized spacial score (nSPS) is 14.7. The van der Waals surface area contributed by atoms with E-state index < -0.39 is 23.7 Å². The van der Waals surface area contributed by atoms with Gasteiger partial charge in [0.2, 0.25) is 0 Å². The maximum atomic E-state index is 12.8. The summed E-state index contributed by atoms with van der Waals surface area (Å²) in [5.41, 5.74) is 1.73. The Bertz CT molecular complexity index is 1360. The molecule has 7 nitrogen and oxygen atoms in total. The number of fused-ring (bicyclic) bond motifs is 1. The number of hydrogen-bond acceptors (Lipinski definition) is 7. The molecule has 0 radical (unpaired) electrons. The molecule has 0 saturated carbocycles. The second-order valence-corrected chi connectivity index (χ2v) is 10.4. The summed E-state index contributed by atoms with van der Waals surface area (Å²) in [5, 5.41) is 1.75. The Morgan fingerprint density at radius 3 is 2.61 bits per heavy atom. The molecule has 1 heterocycles. The van der Waals surface area contributed by atoms with Crippen LogP contribution in [0.5, 0.6) is 11.5 Å². The summed E-state index contributed by atoms with van der Waals surface area (Å²) < 4.78 is 17.6. The molecule has 0 unspecified atom stereocenters. The van der Waals surface area contributed by atoms with Crippen molar-refractivity contribution in [2.45, 2.75) is 26.6 Å². The highest BCUT2D eigenvalue weighted by Gasteiger charge is 2.36. The van der Waals surface area contributed by atoms with E-state index in [9.17, 15) is 14.4 Å². The van der Waals surface area contributed by atoms with Gasteiger partial charge in [0.05, 0.1) is 21.7 Å². The van der Waals surface area contributed by atoms with Crippen LogP contribution < -0.4 is 9.47 Å². The topological polar surface area (TPSA) is 82.1 Å². The Morgan fingerprint density at radius 1 is 1.11 bits per heavy atom. The van der Waals surface area contributed by atoms with E-state index in [1.165, 1.54) is 0 Å². The predicted molar refractivity (Wildman–Crippen MR) is 148 cm³/mol. The van der Waals surface area contributed by atoms with Crippen molar-refractivity contribution in [1.82, 2.24) is 4.90 Å². The van der Waals surface area contributed by atoms with E-state index in [-0.39, 0.29) is 11.0 Å². The Labute approximate surface area is 226 Å². The van der Waals surface area contributed by atoms with Crippen LogP contribution in [0.25, 0.3) is 16.8 Å². The van der Waals surface area contributed by atoms with Gasteiger partial charge < -0.3 is 14.2 Å². The van der Waals surface area contributed by atoms with Gasteiger partial charge >= 0.3 is 5.97 Å². The van der Waals surface area contributed by atoms with E-state index in [2.05, 4.69) is 40.8 Å². The van der Waals surface area contributed by atoms with Crippen LogP contribution in [0.2, 0.25) is 0 Å². The third kappa shape index (κ3) is 5.84. The van der Waals surface area contributed by atoms with Crippen molar-refractivity contribution in [1.29, 1.82) is 0 Å². The highest BCUT2D eigenvalue weighted by Crippen LogP contribution is 2.38. The van der Waals surface area contributed by atoms with Crippen LogP contribution in [-0.4, -0.2) is 41.8 Å². The molecule has 186 valence electrons. The number of methoxy groups -OCH3 is 1. The van der Waals surface area contributed by atoms with Gasteiger partial charge in [0, 0.05) is 0 Å². The molecular formula is C27H24INO6S. The van der Waals surface area contributed by atoms with Gasteiger partial charge in [-0.2, -0.15) is 0 Å². The standard InChI is InChI=1S/C27H24INO6S/c1-16(2)35-24(30)14-29-26(31)23(36-27(29)32)13-17-11-21(28)25(22(12-17)33-3)34-15-19-9-6-8-18-7-4-5-10-20(18)19/h4-13,16H,14-15H2,1-3H3/b23-13+. The lowest BCUT2D eigenvalue weighted by molar-refractivity contribution is -0.149. The van der Waals surface area contributed by atoms with Gasteiger partial charge in [-0.25, -0.2) is 0 Å². The number of halogens is 1. The second kappa shape index (κ2) is 11.3. The largest absolute Gasteiger partial charge is 0.493 e. The third-order valence-corrected chi connectivity index (χ3v) is 7.04. The second-order valence-electron chi connectivity index (χ2n) is 8.27. The molecule has 0 bridgehead atoms. The molecule has 36 heavy (non-hydrogen) atoms. The molecule has 4 rings (SSSR count). The van der Waals surface area contributed by atoms with Crippen molar-refractivity contribution >= 4 is 68.3 Å². The van der Waals surface area contributed by atoms with Crippen molar-refractivity contribution in [2.24, 2.45) is 0 Å². The monoisotopic (exact) mass is 617 g/mol. The number of esters is 1. The average molecular weight is 617 g/mol. The Hall–Kier alpha value is -3.05. The Kier molecular flexibility index (Phi) is 8.20. The fourth-order valence-electron chi connectivity index (χ4n) is 3.75. The lowest BCUT2D eigenvalue weighted by Crippen LogP contribution is -2.35. The molecule has 3 aromatic carbocycles. The smallest absolute Gasteiger partial charge is 0.326 e. The van der Waals surface area contributed by atoms with Crippen molar-refractivity contribution < 1.29 is 28.6 Å². The van der Waals surface area contributed by atoms with Gasteiger partial charge in [0.25, 0.3) is 11.1 Å². The van der Waals surface area contributed by atoms with Gasteiger partial charge in [-0.05, 0) is 88.3 Å². The minimum Gasteiger partial charge on any atom is -0.493 e. The fraction of sp³-hybridized carbons (Fsp3) is 0.222. The average Bonchev–Trinajstić information content (AvgIpc) is 3.09. The van der Waals surface area contributed by atoms with E-state index in [4.69, 9.17) is 14.2 Å². The summed E-state index contributed by atoms with van der Waals surface area (Å²) in [6.07, 6.45) is 1.28. The number of hydrogen-bond donors (Lipinski definition) is 0. The number of thioether (sulfide) groups is 1. The summed E-state index contributed by atoms with van der Waals surface area (Å²) in [5.74, 6) is -0.0609. The van der Waals surface area contributed by atoms with E-state index in [1.807, 2.05) is 30.3 Å². The number of imide groups is 1. The molecule has 0 aliphatic carbocycles. The zero-order valence-corrected chi connectivity index (χ0v) is 22.9. The summed E-state index contributed by atoms with van der Waals surface area (Å²) in [4.78, 5) is 38.2. The quantitative estimate of drug-likeness (QED) is 0.174. The van der Waals surface area contributed by atoms with E-state index in [0.29, 0.717) is 23.7 Å². The van der Waals surface area contributed by atoms with Gasteiger partial charge in [0.1, 0.15) is 13.2 Å². The van der Waals surface area contributed by atoms with Crippen LogP contribution in [0.4, 0.5) is 4.79 Å². The van der Waals surface area contributed by atoms with Gasteiger partial charge in [0.15, 0.2) is 11.5 Å². The van der Waals surface area contributed by atoms with E-state index in [1.54, 1.807) is 33.1 Å².